The molecule has 176 valence electrons. The third-order valence-corrected chi connectivity index (χ3v) is 8.06. The van der Waals surface area contributed by atoms with E-state index in [0.29, 0.717) is 10.6 Å². The molecule has 1 fully saturated rings. The Hall–Kier alpha value is -1.52. The number of halogens is 2. The number of hydrogen-bond donors (Lipinski definition) is 1. The number of aliphatic hydroxyl groups is 1. The van der Waals surface area contributed by atoms with Gasteiger partial charge in [0.05, 0.1) is 12.0 Å². The lowest BCUT2D eigenvalue weighted by Crippen LogP contribution is -2.49. The monoisotopic (exact) mass is 461 g/mol. The van der Waals surface area contributed by atoms with Gasteiger partial charge in [0.2, 0.25) is 0 Å². The van der Waals surface area contributed by atoms with Gasteiger partial charge >= 0.3 is 0 Å². The van der Waals surface area contributed by atoms with Crippen LogP contribution in [0, 0.1) is 29.1 Å². The average Bonchev–Trinajstić information content (AvgIpc) is 2.78. The fourth-order valence-electron chi connectivity index (χ4n) is 5.65. The number of nitrogens with zero attached hydrogens (tertiary/aromatic N) is 1. The highest BCUT2D eigenvalue weighted by molar-refractivity contribution is 6.31. The summed E-state index contributed by atoms with van der Waals surface area (Å²) in [5.74, 6) is -1.74. The molecule has 0 saturated heterocycles. The number of Topliss-reactive ketones (excluding diaryl/α,β-unsaturated/α-hetero) is 1. The molecule has 5 heteroatoms. The molecule has 1 aromatic rings. The number of ketones is 1. The zero-order chi connectivity index (χ0) is 23.5. The second-order valence-corrected chi connectivity index (χ2v) is 10.9. The summed E-state index contributed by atoms with van der Waals surface area (Å²) in [4.78, 5) is 18.2. The molecule has 0 bridgehead atoms. The van der Waals surface area contributed by atoms with Gasteiger partial charge in [0.25, 0.3) is 0 Å². The molecule has 1 saturated carbocycles. The van der Waals surface area contributed by atoms with E-state index in [4.69, 9.17) is 11.6 Å². The minimum Gasteiger partial charge on any atom is -0.388 e. The molecule has 0 spiro atoms. The number of carbonyl (C=O) groups is 1. The van der Waals surface area contributed by atoms with Crippen LogP contribution in [0.2, 0.25) is 0 Å². The molecule has 2 aliphatic carbocycles. The van der Waals surface area contributed by atoms with E-state index < -0.39 is 34.9 Å². The first-order valence-electron chi connectivity index (χ1n) is 12.0. The van der Waals surface area contributed by atoms with Gasteiger partial charge in [-0.1, -0.05) is 70.2 Å². The standard InChI is InChI=1S/C27H37ClFNO2/c1-5-26(2,3)23(21-14-13-20(28)16-27(21,4)29)22(24(31)18-10-7-6-8-11-18)25(32)19-12-9-15-30-17-19/h9,12-18,21-23,25,32H,5-8,10-11H2,1-4H3. The van der Waals surface area contributed by atoms with Crippen molar-refractivity contribution in [3.63, 3.8) is 0 Å². The predicted octanol–water partition coefficient (Wildman–Crippen LogP) is 6.97. The Labute approximate surface area is 197 Å². The maximum atomic E-state index is 16.0. The van der Waals surface area contributed by atoms with Crippen LogP contribution in [0.3, 0.4) is 0 Å². The molecular weight excluding hydrogens is 425 g/mol. The van der Waals surface area contributed by atoms with E-state index in [1.807, 2.05) is 6.08 Å². The van der Waals surface area contributed by atoms with Crippen molar-refractivity contribution < 1.29 is 14.3 Å². The highest BCUT2D eigenvalue weighted by Crippen LogP contribution is 2.52. The highest BCUT2D eigenvalue weighted by Gasteiger charge is 2.52. The quantitative estimate of drug-likeness (QED) is 0.454. The molecule has 5 atom stereocenters. The molecular formula is C27H37ClFNO2. The normalized spacial score (nSPS) is 27.5. The SMILES string of the molecule is CCC(C)(C)C(C(C(=O)C1CCCCC1)C(O)c1cccnc1)C1C=CC(Cl)=CC1(C)F. The summed E-state index contributed by atoms with van der Waals surface area (Å²) in [6, 6.07) is 3.57. The van der Waals surface area contributed by atoms with Crippen LogP contribution in [0.25, 0.3) is 0 Å². The molecule has 3 nitrogen and oxygen atoms in total. The summed E-state index contributed by atoms with van der Waals surface area (Å²) < 4.78 is 16.0. The zero-order valence-corrected chi connectivity index (χ0v) is 20.5. The lowest BCUT2D eigenvalue weighted by Gasteiger charge is -2.48. The summed E-state index contributed by atoms with van der Waals surface area (Å²) in [6.45, 7) is 7.76. The van der Waals surface area contributed by atoms with Crippen LogP contribution < -0.4 is 0 Å². The molecule has 1 N–H and O–H groups in total. The Kier molecular flexibility index (Phi) is 7.98. The second-order valence-electron chi connectivity index (χ2n) is 10.4. The van der Waals surface area contributed by atoms with E-state index in [-0.39, 0.29) is 11.7 Å². The first-order valence-corrected chi connectivity index (χ1v) is 12.3. The van der Waals surface area contributed by atoms with Crippen LogP contribution in [0.4, 0.5) is 4.39 Å². The number of rotatable bonds is 8. The lowest BCUT2D eigenvalue weighted by atomic mass is 9.57. The Morgan fingerprint density at radius 3 is 2.59 bits per heavy atom. The molecule has 3 rings (SSSR count). The van der Waals surface area contributed by atoms with Gasteiger partial charge in [0.1, 0.15) is 11.5 Å². The Balaban J connectivity index is 2.12. The third-order valence-electron chi connectivity index (χ3n) is 7.82. The predicted molar refractivity (Wildman–Crippen MR) is 128 cm³/mol. The number of allylic oxidation sites excluding steroid dienone is 4. The topological polar surface area (TPSA) is 50.2 Å². The largest absolute Gasteiger partial charge is 0.388 e. The first-order chi connectivity index (χ1) is 15.1. The van der Waals surface area contributed by atoms with Crippen LogP contribution in [0.1, 0.15) is 77.9 Å². The summed E-state index contributed by atoms with van der Waals surface area (Å²) in [7, 11) is 0. The Bertz CT molecular complexity index is 842. The maximum Gasteiger partial charge on any atom is 0.142 e. The molecule has 32 heavy (non-hydrogen) atoms. The first kappa shape index (κ1) is 25.1. The van der Waals surface area contributed by atoms with Crippen molar-refractivity contribution in [3.8, 4) is 0 Å². The molecule has 0 radical (unpaired) electrons. The molecule has 1 aromatic heterocycles. The number of carbonyl (C=O) groups excluding carboxylic acids is 1. The van der Waals surface area contributed by atoms with Crippen molar-refractivity contribution >= 4 is 17.4 Å². The zero-order valence-electron chi connectivity index (χ0n) is 19.7. The maximum absolute atomic E-state index is 16.0. The Morgan fingerprint density at radius 1 is 1.34 bits per heavy atom. The molecule has 0 amide bonds. The summed E-state index contributed by atoms with van der Waals surface area (Å²) in [5, 5.41) is 12.0. The van der Waals surface area contributed by atoms with Gasteiger partial charge in [0.15, 0.2) is 0 Å². The van der Waals surface area contributed by atoms with E-state index in [1.165, 1.54) is 13.0 Å². The van der Waals surface area contributed by atoms with Gasteiger partial charge < -0.3 is 5.11 Å². The highest BCUT2D eigenvalue weighted by atomic mass is 35.5. The smallest absolute Gasteiger partial charge is 0.142 e. The molecule has 1 heterocycles. The van der Waals surface area contributed by atoms with Crippen molar-refractivity contribution in [2.24, 2.45) is 29.1 Å². The van der Waals surface area contributed by atoms with Crippen LogP contribution >= 0.6 is 11.6 Å². The van der Waals surface area contributed by atoms with Gasteiger partial charge in [-0.05, 0) is 54.9 Å². The van der Waals surface area contributed by atoms with Crippen molar-refractivity contribution in [1.29, 1.82) is 0 Å². The minimum atomic E-state index is -1.72. The van der Waals surface area contributed by atoms with E-state index >= 15 is 4.39 Å². The molecule has 2 aliphatic rings. The van der Waals surface area contributed by atoms with Crippen LogP contribution in [-0.2, 0) is 4.79 Å². The van der Waals surface area contributed by atoms with Gasteiger partial charge in [-0.3, -0.25) is 9.78 Å². The van der Waals surface area contributed by atoms with E-state index in [0.717, 1.165) is 38.5 Å². The van der Waals surface area contributed by atoms with Crippen molar-refractivity contribution in [1.82, 2.24) is 4.98 Å². The van der Waals surface area contributed by atoms with E-state index in [2.05, 4.69) is 25.8 Å². The second kappa shape index (κ2) is 10.2. The number of aromatic nitrogens is 1. The van der Waals surface area contributed by atoms with Crippen LogP contribution in [0.15, 0.2) is 47.8 Å². The Morgan fingerprint density at radius 2 is 2.03 bits per heavy atom. The van der Waals surface area contributed by atoms with Crippen molar-refractivity contribution in [2.45, 2.75) is 78.0 Å². The molecule has 0 aliphatic heterocycles. The molecule has 5 unspecified atom stereocenters. The minimum absolute atomic E-state index is 0.0671. The number of aliphatic hydroxyl groups excluding tert-OH is 1. The summed E-state index contributed by atoms with van der Waals surface area (Å²) in [6.07, 6.45) is 12.8. The van der Waals surface area contributed by atoms with Gasteiger partial charge in [-0.15, -0.1) is 0 Å². The number of pyridine rings is 1. The fourth-order valence-corrected chi connectivity index (χ4v) is 5.93. The van der Waals surface area contributed by atoms with Crippen molar-refractivity contribution in [2.75, 3.05) is 0 Å². The van der Waals surface area contributed by atoms with Gasteiger partial charge in [-0.25, -0.2) is 4.39 Å². The van der Waals surface area contributed by atoms with Gasteiger partial charge in [0, 0.05) is 29.3 Å². The lowest BCUT2D eigenvalue weighted by molar-refractivity contribution is -0.140. The number of hydrogen-bond acceptors (Lipinski definition) is 3. The van der Waals surface area contributed by atoms with Crippen LogP contribution in [0.5, 0.6) is 0 Å². The van der Waals surface area contributed by atoms with Crippen molar-refractivity contribution in [3.05, 3.63) is 53.4 Å². The summed E-state index contributed by atoms with van der Waals surface area (Å²) >= 11 is 6.15. The van der Waals surface area contributed by atoms with E-state index in [1.54, 1.807) is 30.6 Å². The van der Waals surface area contributed by atoms with Crippen LogP contribution in [-0.4, -0.2) is 21.5 Å². The van der Waals surface area contributed by atoms with E-state index in [9.17, 15) is 9.90 Å². The molecule has 0 aromatic carbocycles. The third kappa shape index (κ3) is 5.34. The fraction of sp³-hybridized carbons (Fsp3) is 0.630. The summed E-state index contributed by atoms with van der Waals surface area (Å²) in [5.41, 5.74) is -1.51. The van der Waals surface area contributed by atoms with Gasteiger partial charge in [-0.2, -0.15) is 0 Å². The number of alkyl halides is 1. The average molecular weight is 462 g/mol.